The van der Waals surface area contributed by atoms with Crippen LogP contribution in [0.3, 0.4) is 0 Å². The molecule has 1 aromatic heterocycles. The number of thiophene rings is 1. The number of nitrogens with one attached hydrogen (secondary N) is 2. The lowest BCUT2D eigenvalue weighted by Crippen LogP contribution is -2.34. The van der Waals surface area contributed by atoms with Crippen LogP contribution in [0.5, 0.6) is 5.75 Å². The molecule has 9 nitrogen and oxygen atoms in total. The Morgan fingerprint density at radius 1 is 0.978 bits per heavy atom. The van der Waals surface area contributed by atoms with Gasteiger partial charge in [0.1, 0.15) is 16.0 Å². The fourth-order valence-corrected chi connectivity index (χ4v) is 7.35. The van der Waals surface area contributed by atoms with Crippen molar-refractivity contribution in [2.24, 2.45) is 0 Å². The number of nitrogens with zero attached hydrogens (tertiary/aromatic N) is 1. The van der Waals surface area contributed by atoms with Crippen molar-refractivity contribution in [3.05, 3.63) is 106 Å². The number of fused-ring (bicyclic) bond motifs is 1. The summed E-state index contributed by atoms with van der Waals surface area (Å²) in [6.07, 6.45) is 0.501. The molecule has 0 saturated heterocycles. The average molecular weight is 644 g/mol. The van der Waals surface area contributed by atoms with E-state index in [1.165, 1.54) is 30.0 Å². The maximum Gasteiger partial charge on any atom is 0.341 e. The molecule has 0 bridgehead atoms. The van der Waals surface area contributed by atoms with Gasteiger partial charge in [-0.25, -0.2) is 4.79 Å². The van der Waals surface area contributed by atoms with E-state index in [1.54, 1.807) is 49.3 Å². The second kappa shape index (κ2) is 14.4. The van der Waals surface area contributed by atoms with Gasteiger partial charge in [-0.3, -0.25) is 14.4 Å². The minimum Gasteiger partial charge on any atom is -0.497 e. The topological polar surface area (TPSA) is 114 Å². The van der Waals surface area contributed by atoms with Crippen molar-refractivity contribution in [2.75, 3.05) is 30.9 Å². The zero-order chi connectivity index (χ0) is 31.9. The first-order valence-corrected chi connectivity index (χ1v) is 16.1. The first-order valence-electron chi connectivity index (χ1n) is 14.4. The summed E-state index contributed by atoms with van der Waals surface area (Å²) in [5.74, 6) is -0.559. The summed E-state index contributed by atoms with van der Waals surface area (Å²) >= 11 is 2.63. The Morgan fingerprint density at radius 2 is 1.76 bits per heavy atom. The Kier molecular flexibility index (Phi) is 10.2. The fraction of sp³-hybridized carbons (Fsp3) is 0.235. The van der Waals surface area contributed by atoms with Gasteiger partial charge in [-0.1, -0.05) is 42.5 Å². The summed E-state index contributed by atoms with van der Waals surface area (Å²) in [5.41, 5.74) is 2.97. The van der Waals surface area contributed by atoms with Crippen LogP contribution in [0.4, 0.5) is 10.7 Å². The summed E-state index contributed by atoms with van der Waals surface area (Å²) in [4.78, 5) is 55.4. The Bertz CT molecular complexity index is 1720. The van der Waals surface area contributed by atoms with E-state index < -0.39 is 11.2 Å². The molecule has 45 heavy (non-hydrogen) atoms. The number of benzene rings is 3. The quantitative estimate of drug-likeness (QED) is 0.149. The summed E-state index contributed by atoms with van der Waals surface area (Å²) in [5, 5.41) is 5.67. The lowest BCUT2D eigenvalue weighted by atomic mass is 10.0. The third-order valence-corrected chi connectivity index (χ3v) is 9.62. The van der Waals surface area contributed by atoms with Crippen LogP contribution in [0.1, 0.15) is 55.8 Å². The van der Waals surface area contributed by atoms with Gasteiger partial charge in [0, 0.05) is 34.5 Å². The molecular weight excluding hydrogens is 611 g/mol. The lowest BCUT2D eigenvalue weighted by Gasteiger charge is -2.25. The molecule has 3 amide bonds. The van der Waals surface area contributed by atoms with E-state index in [2.05, 4.69) is 10.6 Å². The van der Waals surface area contributed by atoms with Crippen LogP contribution >= 0.6 is 23.1 Å². The standard InChI is InChI=1S/C34H33N3O6S2/c1-4-43-34(41)29-27-16-17-37(21(2)38)20-28(27)45-33(29)36-32(40)30(22-10-6-5-7-11-22)44-26-15-9-13-24(19-26)35-31(39)23-12-8-14-25(18-23)42-3/h5-15,18-19,30H,4,16-17,20H2,1-3H3,(H,35,39)(H,36,40). The fourth-order valence-electron chi connectivity index (χ4n) is 5.01. The molecule has 0 saturated carbocycles. The highest BCUT2D eigenvalue weighted by atomic mass is 32.2. The van der Waals surface area contributed by atoms with Crippen molar-refractivity contribution in [1.29, 1.82) is 0 Å². The Labute approximate surface area is 269 Å². The monoisotopic (exact) mass is 643 g/mol. The van der Waals surface area contributed by atoms with E-state index in [9.17, 15) is 19.2 Å². The minimum absolute atomic E-state index is 0.0419. The molecule has 1 unspecified atom stereocenters. The highest BCUT2D eigenvalue weighted by Crippen LogP contribution is 2.41. The SMILES string of the molecule is CCOC(=O)c1c(NC(=O)C(Sc2cccc(NC(=O)c3cccc(OC)c3)c2)c2ccccc2)sc2c1CCN(C(C)=O)C2. The molecule has 11 heteroatoms. The minimum atomic E-state index is -0.682. The molecule has 1 aliphatic heterocycles. The van der Waals surface area contributed by atoms with E-state index in [1.807, 2.05) is 48.5 Å². The summed E-state index contributed by atoms with van der Waals surface area (Å²) in [6, 6.07) is 23.5. The molecular formula is C34H33N3O6S2. The van der Waals surface area contributed by atoms with E-state index in [-0.39, 0.29) is 24.3 Å². The van der Waals surface area contributed by atoms with Crippen LogP contribution in [0.25, 0.3) is 0 Å². The normalized spacial score (nSPS) is 12.9. The van der Waals surface area contributed by atoms with E-state index in [0.717, 1.165) is 20.9 Å². The van der Waals surface area contributed by atoms with Crippen LogP contribution in [-0.2, 0) is 27.3 Å². The number of methoxy groups -OCH3 is 1. The molecule has 0 spiro atoms. The molecule has 2 heterocycles. The predicted octanol–water partition coefficient (Wildman–Crippen LogP) is 6.56. The molecule has 1 atom stereocenters. The average Bonchev–Trinajstić information content (AvgIpc) is 3.41. The molecule has 2 N–H and O–H groups in total. The Balaban J connectivity index is 1.41. The number of esters is 1. The predicted molar refractivity (Wildman–Crippen MR) is 176 cm³/mol. The zero-order valence-electron chi connectivity index (χ0n) is 25.1. The van der Waals surface area contributed by atoms with Gasteiger partial charge in [0.2, 0.25) is 11.8 Å². The number of carbonyl (C=O) groups is 4. The van der Waals surface area contributed by atoms with E-state index in [4.69, 9.17) is 9.47 Å². The third kappa shape index (κ3) is 7.55. The number of ether oxygens (including phenoxy) is 2. The molecule has 0 aliphatic carbocycles. The summed E-state index contributed by atoms with van der Waals surface area (Å²) in [7, 11) is 1.55. The van der Waals surface area contributed by atoms with Crippen molar-refractivity contribution in [3.63, 3.8) is 0 Å². The van der Waals surface area contributed by atoms with Gasteiger partial charge in [-0.05, 0) is 60.9 Å². The van der Waals surface area contributed by atoms with Crippen molar-refractivity contribution in [3.8, 4) is 5.75 Å². The van der Waals surface area contributed by atoms with E-state index >= 15 is 0 Å². The molecule has 232 valence electrons. The highest BCUT2D eigenvalue weighted by molar-refractivity contribution is 8.00. The van der Waals surface area contributed by atoms with Crippen LogP contribution in [0.2, 0.25) is 0 Å². The van der Waals surface area contributed by atoms with Gasteiger partial charge >= 0.3 is 5.97 Å². The lowest BCUT2D eigenvalue weighted by molar-refractivity contribution is -0.129. The number of thioether (sulfide) groups is 1. The smallest absolute Gasteiger partial charge is 0.341 e. The van der Waals surface area contributed by atoms with Crippen molar-refractivity contribution in [2.45, 2.75) is 37.0 Å². The van der Waals surface area contributed by atoms with Crippen LogP contribution < -0.4 is 15.4 Å². The zero-order valence-corrected chi connectivity index (χ0v) is 26.8. The van der Waals surface area contributed by atoms with Crippen molar-refractivity contribution >= 4 is 57.5 Å². The molecule has 4 aromatic rings. The largest absolute Gasteiger partial charge is 0.497 e. The van der Waals surface area contributed by atoms with E-state index in [0.29, 0.717) is 47.1 Å². The maximum atomic E-state index is 14.0. The van der Waals surface area contributed by atoms with Crippen molar-refractivity contribution in [1.82, 2.24) is 4.90 Å². The highest BCUT2D eigenvalue weighted by Gasteiger charge is 2.32. The molecule has 5 rings (SSSR count). The number of hydrogen-bond donors (Lipinski definition) is 2. The van der Waals surface area contributed by atoms with Crippen LogP contribution in [0, 0.1) is 0 Å². The van der Waals surface area contributed by atoms with Gasteiger partial charge in [-0.2, -0.15) is 0 Å². The Morgan fingerprint density at radius 3 is 2.49 bits per heavy atom. The summed E-state index contributed by atoms with van der Waals surface area (Å²) in [6.45, 7) is 4.33. The molecule has 0 fully saturated rings. The molecule has 3 aromatic carbocycles. The van der Waals surface area contributed by atoms with Gasteiger partial charge in [0.05, 0.1) is 25.8 Å². The van der Waals surface area contributed by atoms with Crippen LogP contribution in [-0.4, -0.2) is 48.9 Å². The van der Waals surface area contributed by atoms with Gasteiger partial charge in [0.25, 0.3) is 5.91 Å². The first kappa shape index (κ1) is 31.8. The van der Waals surface area contributed by atoms with Gasteiger partial charge < -0.3 is 25.0 Å². The first-order chi connectivity index (χ1) is 21.8. The number of carbonyl (C=O) groups excluding carboxylic acids is 4. The summed E-state index contributed by atoms with van der Waals surface area (Å²) < 4.78 is 10.6. The molecule has 1 aliphatic rings. The van der Waals surface area contributed by atoms with Crippen molar-refractivity contribution < 1.29 is 28.7 Å². The second-order valence-electron chi connectivity index (χ2n) is 10.2. The number of anilines is 2. The Hall–Kier alpha value is -4.61. The van der Waals surface area contributed by atoms with Gasteiger partial charge in [-0.15, -0.1) is 23.1 Å². The number of rotatable bonds is 10. The van der Waals surface area contributed by atoms with Crippen LogP contribution in [0.15, 0.2) is 83.8 Å². The van der Waals surface area contributed by atoms with Gasteiger partial charge in [0.15, 0.2) is 0 Å². The third-order valence-electron chi connectivity index (χ3n) is 7.24. The second-order valence-corrected chi connectivity index (χ2v) is 12.5. The molecule has 0 radical (unpaired) electrons. The number of amides is 3. The maximum absolute atomic E-state index is 14.0. The number of hydrogen-bond acceptors (Lipinski definition) is 8.